The zero-order chi connectivity index (χ0) is 68.6. The first-order valence-corrected chi connectivity index (χ1v) is 41.5. The van der Waals surface area contributed by atoms with E-state index in [0.29, 0.717) is 37.5 Å². The first-order chi connectivity index (χ1) is 44.9. The molecular weight excluding hydrogens is 1220 g/mol. The Morgan fingerprint density at radius 2 is 0.495 bits per heavy atom. The lowest BCUT2D eigenvalue weighted by Crippen LogP contribution is -2.30. The molecule has 0 radical (unpaired) electrons. The van der Waals surface area contributed by atoms with Gasteiger partial charge in [0.25, 0.3) is 0 Å². The van der Waals surface area contributed by atoms with Crippen LogP contribution in [0.25, 0.3) is 0 Å². The summed E-state index contributed by atoms with van der Waals surface area (Å²) in [5.41, 5.74) is 0. The Labute approximate surface area is 568 Å². The van der Waals surface area contributed by atoms with Crippen molar-refractivity contribution >= 4 is 39.5 Å². The van der Waals surface area contributed by atoms with Gasteiger partial charge in [-0.15, -0.1) is 0 Å². The lowest BCUT2D eigenvalue weighted by atomic mass is 10.0. The summed E-state index contributed by atoms with van der Waals surface area (Å²) in [4.78, 5) is 72.6. The Kier molecular flexibility index (Phi) is 64.6. The van der Waals surface area contributed by atoms with E-state index in [1.807, 2.05) is 0 Å². The topological polar surface area (TPSA) is 237 Å². The summed E-state index contributed by atoms with van der Waals surface area (Å²) < 4.78 is 68.4. The van der Waals surface area contributed by atoms with Gasteiger partial charge in [-0.1, -0.05) is 330 Å². The molecule has 5 atom stereocenters. The van der Waals surface area contributed by atoms with Crippen LogP contribution in [-0.2, 0) is 65.4 Å². The fourth-order valence-corrected chi connectivity index (χ4v) is 12.9. The fourth-order valence-electron chi connectivity index (χ4n) is 11.3. The zero-order valence-corrected chi connectivity index (χ0v) is 62.3. The molecule has 0 aromatic heterocycles. The Morgan fingerprint density at radius 3 is 0.731 bits per heavy atom. The molecule has 0 aliphatic rings. The molecule has 0 saturated carbocycles. The highest BCUT2D eigenvalue weighted by Gasteiger charge is 2.30. The van der Waals surface area contributed by atoms with Crippen molar-refractivity contribution < 1.29 is 80.2 Å². The van der Waals surface area contributed by atoms with Gasteiger partial charge >= 0.3 is 39.5 Å². The minimum absolute atomic E-state index is 0.103. The third kappa shape index (κ3) is 68.4. The summed E-state index contributed by atoms with van der Waals surface area (Å²) in [5, 5.41) is 10.6. The summed E-state index contributed by atoms with van der Waals surface area (Å²) in [6.07, 6.45) is 53.1. The van der Waals surface area contributed by atoms with Crippen molar-refractivity contribution in [2.45, 2.75) is 400 Å². The molecule has 552 valence electrons. The molecule has 0 rings (SSSR count). The smallest absolute Gasteiger partial charge is 0.462 e. The van der Waals surface area contributed by atoms with Gasteiger partial charge in [0, 0.05) is 25.7 Å². The van der Waals surface area contributed by atoms with E-state index in [4.69, 9.17) is 37.0 Å². The normalized spacial score (nSPS) is 14.1. The van der Waals surface area contributed by atoms with E-state index >= 15 is 0 Å². The van der Waals surface area contributed by atoms with Crippen molar-refractivity contribution in [1.29, 1.82) is 0 Å². The lowest BCUT2D eigenvalue weighted by molar-refractivity contribution is -0.161. The number of rotatable bonds is 73. The van der Waals surface area contributed by atoms with Crippen molar-refractivity contribution in [2.24, 2.45) is 11.8 Å². The molecule has 0 aromatic carbocycles. The van der Waals surface area contributed by atoms with Crippen LogP contribution in [0.15, 0.2) is 0 Å². The largest absolute Gasteiger partial charge is 0.472 e. The second-order valence-corrected chi connectivity index (χ2v) is 30.5. The van der Waals surface area contributed by atoms with Gasteiger partial charge in [0.05, 0.1) is 26.4 Å². The number of phosphoric ester groups is 2. The van der Waals surface area contributed by atoms with Gasteiger partial charge in [-0.05, 0) is 37.5 Å². The number of aliphatic hydroxyl groups excluding tert-OH is 1. The molecule has 0 fully saturated rings. The molecule has 0 spiro atoms. The predicted octanol–water partition coefficient (Wildman–Crippen LogP) is 21.6. The first kappa shape index (κ1) is 91.1. The van der Waals surface area contributed by atoms with Crippen LogP contribution in [0.5, 0.6) is 0 Å². The van der Waals surface area contributed by atoms with Gasteiger partial charge in [-0.2, -0.15) is 0 Å². The van der Waals surface area contributed by atoms with Crippen LogP contribution >= 0.6 is 15.6 Å². The van der Waals surface area contributed by atoms with E-state index in [1.54, 1.807) is 0 Å². The summed E-state index contributed by atoms with van der Waals surface area (Å²) >= 11 is 0. The number of esters is 4. The van der Waals surface area contributed by atoms with Crippen molar-refractivity contribution in [3.05, 3.63) is 0 Å². The van der Waals surface area contributed by atoms with Crippen LogP contribution in [0.3, 0.4) is 0 Å². The van der Waals surface area contributed by atoms with E-state index in [-0.39, 0.29) is 25.7 Å². The molecule has 19 heteroatoms. The van der Waals surface area contributed by atoms with E-state index in [0.717, 1.165) is 96.3 Å². The van der Waals surface area contributed by atoms with Crippen LogP contribution in [0.4, 0.5) is 0 Å². The summed E-state index contributed by atoms with van der Waals surface area (Å²) in [6.45, 7) is 9.43. The summed E-state index contributed by atoms with van der Waals surface area (Å²) in [7, 11) is -9.90. The maximum absolute atomic E-state index is 13.1. The van der Waals surface area contributed by atoms with Gasteiger partial charge < -0.3 is 33.8 Å². The average Bonchev–Trinajstić information content (AvgIpc) is 1.64. The van der Waals surface area contributed by atoms with Gasteiger partial charge in [0.2, 0.25) is 0 Å². The molecule has 0 heterocycles. The van der Waals surface area contributed by atoms with E-state index in [2.05, 4.69) is 41.5 Å². The molecule has 0 bridgehead atoms. The van der Waals surface area contributed by atoms with Gasteiger partial charge in [-0.25, -0.2) is 9.13 Å². The van der Waals surface area contributed by atoms with Crippen molar-refractivity contribution in [1.82, 2.24) is 0 Å². The second-order valence-electron chi connectivity index (χ2n) is 27.6. The standard InChI is InChI=1S/C74H144O17P2/c1-7-9-11-13-15-17-19-21-23-25-26-28-30-32-34-38-46-52-58-73(78)90-69(62-84-71(76)56-50-44-37-33-31-29-27-24-22-20-18-16-14-12-10-8-2)64-88-92(80,81)86-60-68(75)61-87-93(82,83)89-65-70(63-85-72(77)57-51-45-41-40-43-49-55-67(5)6)91-74(79)59-53-47-39-35-36-42-48-54-66(3)4/h66-70,75H,7-65H2,1-6H3,(H,80,81)(H,82,83)/t68-,69-,70-/m1/s1. The number of hydrogen-bond donors (Lipinski definition) is 3. The maximum Gasteiger partial charge on any atom is 0.472 e. The van der Waals surface area contributed by atoms with Gasteiger partial charge in [0.15, 0.2) is 12.2 Å². The number of carbonyl (C=O) groups is 4. The van der Waals surface area contributed by atoms with E-state index in [9.17, 15) is 43.2 Å². The third-order valence-corrected chi connectivity index (χ3v) is 19.1. The van der Waals surface area contributed by atoms with E-state index in [1.165, 1.54) is 193 Å². The Morgan fingerprint density at radius 1 is 0.290 bits per heavy atom. The number of ether oxygens (including phenoxy) is 4. The fraction of sp³-hybridized carbons (Fsp3) is 0.946. The van der Waals surface area contributed by atoms with Crippen LogP contribution in [0.1, 0.15) is 382 Å². The predicted molar refractivity (Wildman–Crippen MR) is 377 cm³/mol. The average molecular weight is 1370 g/mol. The highest BCUT2D eigenvalue weighted by atomic mass is 31.2. The zero-order valence-electron chi connectivity index (χ0n) is 60.6. The molecule has 17 nitrogen and oxygen atoms in total. The maximum atomic E-state index is 13.1. The van der Waals surface area contributed by atoms with Crippen LogP contribution < -0.4 is 0 Å². The monoisotopic (exact) mass is 1370 g/mol. The SMILES string of the molecule is CCCCCCCCCCCCCCCCCCCCC(=O)O[C@H](COC(=O)CCCCCCCCCCCCCCCCCC)COP(=O)(O)OC[C@@H](O)COP(=O)(O)OC[C@@H](COC(=O)CCCCCCCCC(C)C)OC(=O)CCCCCCCCCC(C)C. The molecule has 2 unspecified atom stereocenters. The quantitative estimate of drug-likeness (QED) is 0.0222. The second kappa shape index (κ2) is 66.0. The van der Waals surface area contributed by atoms with Crippen LogP contribution in [0.2, 0.25) is 0 Å². The minimum Gasteiger partial charge on any atom is -0.462 e. The molecule has 0 aliphatic heterocycles. The Balaban J connectivity index is 5.21. The molecule has 0 saturated heterocycles. The number of aliphatic hydroxyl groups is 1. The van der Waals surface area contributed by atoms with Gasteiger partial charge in [-0.3, -0.25) is 37.3 Å². The first-order valence-electron chi connectivity index (χ1n) is 38.5. The number of carbonyl (C=O) groups excluding carboxylic acids is 4. The molecular formula is C74H144O17P2. The molecule has 3 N–H and O–H groups in total. The molecule has 93 heavy (non-hydrogen) atoms. The van der Waals surface area contributed by atoms with Gasteiger partial charge in [0.1, 0.15) is 19.3 Å². The van der Waals surface area contributed by atoms with Crippen molar-refractivity contribution in [2.75, 3.05) is 39.6 Å². The summed E-state index contributed by atoms with van der Waals surface area (Å²) in [5.74, 6) is -0.747. The minimum atomic E-state index is -4.96. The van der Waals surface area contributed by atoms with Crippen molar-refractivity contribution in [3.63, 3.8) is 0 Å². The molecule has 0 aromatic rings. The van der Waals surface area contributed by atoms with Crippen LogP contribution in [-0.4, -0.2) is 96.7 Å². The van der Waals surface area contributed by atoms with Crippen molar-refractivity contribution in [3.8, 4) is 0 Å². The highest BCUT2D eigenvalue weighted by Crippen LogP contribution is 2.45. The van der Waals surface area contributed by atoms with Crippen LogP contribution in [0, 0.1) is 11.8 Å². The van der Waals surface area contributed by atoms with E-state index < -0.39 is 97.5 Å². The Hall–Kier alpha value is -1.94. The molecule has 0 aliphatic carbocycles. The third-order valence-electron chi connectivity index (χ3n) is 17.2. The number of unbranched alkanes of at least 4 members (excludes halogenated alkanes) is 43. The Bertz CT molecular complexity index is 1800. The number of hydrogen-bond acceptors (Lipinski definition) is 15. The lowest BCUT2D eigenvalue weighted by Gasteiger charge is -2.21. The highest BCUT2D eigenvalue weighted by molar-refractivity contribution is 7.47. The molecule has 0 amide bonds. The number of phosphoric acid groups is 2. The summed E-state index contributed by atoms with van der Waals surface area (Å²) in [6, 6.07) is 0.